The summed E-state index contributed by atoms with van der Waals surface area (Å²) in [6.07, 6.45) is 1.46. The zero-order valence-corrected chi connectivity index (χ0v) is 10.2. The fraction of sp³-hybridized carbons (Fsp3) is 0.273. The molecular weight excluding hydrogens is 240 g/mol. The number of anilines is 1. The Kier molecular flexibility index (Phi) is 4.68. The van der Waals surface area contributed by atoms with Crippen LogP contribution in [0.3, 0.4) is 0 Å². The Hall–Kier alpha value is -1.37. The molecule has 6 heteroatoms. The smallest absolute Gasteiger partial charge is 0.245 e. The summed E-state index contributed by atoms with van der Waals surface area (Å²) in [5.74, 6) is 0. The average molecular weight is 256 g/mol. The number of para-hydroxylation sites is 1. The van der Waals surface area contributed by atoms with E-state index in [1.807, 2.05) is 0 Å². The first-order valence-electron chi connectivity index (χ1n) is 5.10. The number of nitrogens with zero attached hydrogens (tertiary/aromatic N) is 1. The molecule has 0 spiro atoms. The molecule has 0 atom stereocenters. The number of hydrogen-bond acceptors (Lipinski definition) is 4. The molecule has 0 aliphatic heterocycles. The van der Waals surface area contributed by atoms with Crippen molar-refractivity contribution in [1.29, 1.82) is 0 Å². The monoisotopic (exact) mass is 256 g/mol. The quantitative estimate of drug-likeness (QED) is 0.571. The third-order valence-corrected chi connectivity index (χ3v) is 4.16. The van der Waals surface area contributed by atoms with Crippen molar-refractivity contribution in [3.8, 4) is 0 Å². The first kappa shape index (κ1) is 13.7. The Morgan fingerprint density at radius 2 is 2.06 bits per heavy atom. The van der Waals surface area contributed by atoms with Crippen LogP contribution < -0.4 is 5.73 Å². The van der Waals surface area contributed by atoms with Gasteiger partial charge < -0.3 is 10.8 Å². The topological polar surface area (TPSA) is 83.6 Å². The highest BCUT2D eigenvalue weighted by molar-refractivity contribution is 7.89. The summed E-state index contributed by atoms with van der Waals surface area (Å²) in [6.45, 7) is 3.40. The van der Waals surface area contributed by atoms with E-state index in [4.69, 9.17) is 10.8 Å². The molecule has 0 amide bonds. The maximum absolute atomic E-state index is 12.2. The molecule has 0 heterocycles. The second-order valence-corrected chi connectivity index (χ2v) is 5.32. The lowest BCUT2D eigenvalue weighted by atomic mass is 10.3. The predicted molar refractivity (Wildman–Crippen MR) is 66.9 cm³/mol. The van der Waals surface area contributed by atoms with Crippen LogP contribution >= 0.6 is 0 Å². The highest BCUT2D eigenvalue weighted by atomic mass is 32.2. The van der Waals surface area contributed by atoms with Crippen LogP contribution in [0.5, 0.6) is 0 Å². The van der Waals surface area contributed by atoms with Gasteiger partial charge in [0.2, 0.25) is 10.0 Å². The van der Waals surface area contributed by atoms with Crippen molar-refractivity contribution >= 4 is 15.7 Å². The molecule has 1 rings (SSSR count). The van der Waals surface area contributed by atoms with E-state index in [9.17, 15) is 8.42 Å². The average Bonchev–Trinajstić information content (AvgIpc) is 2.29. The van der Waals surface area contributed by atoms with Crippen LogP contribution in [-0.2, 0) is 10.0 Å². The zero-order chi connectivity index (χ0) is 12.9. The highest BCUT2D eigenvalue weighted by Crippen LogP contribution is 2.21. The van der Waals surface area contributed by atoms with Gasteiger partial charge in [0.15, 0.2) is 0 Å². The molecule has 0 radical (unpaired) electrons. The normalized spacial score (nSPS) is 11.6. The van der Waals surface area contributed by atoms with E-state index in [2.05, 4.69) is 6.58 Å². The number of benzene rings is 1. The zero-order valence-electron chi connectivity index (χ0n) is 9.41. The molecule has 3 N–H and O–H groups in total. The van der Waals surface area contributed by atoms with Gasteiger partial charge in [0.05, 0.1) is 12.3 Å². The van der Waals surface area contributed by atoms with Gasteiger partial charge in [-0.3, -0.25) is 0 Å². The van der Waals surface area contributed by atoms with Gasteiger partial charge in [-0.15, -0.1) is 6.58 Å². The van der Waals surface area contributed by atoms with Gasteiger partial charge in [0, 0.05) is 13.1 Å². The molecule has 5 nitrogen and oxygen atoms in total. The Morgan fingerprint density at radius 1 is 1.41 bits per heavy atom. The lowest BCUT2D eigenvalue weighted by molar-refractivity contribution is 0.260. The largest absolute Gasteiger partial charge is 0.398 e. The van der Waals surface area contributed by atoms with E-state index in [1.165, 1.54) is 18.2 Å². The lowest BCUT2D eigenvalue weighted by Gasteiger charge is -2.20. The van der Waals surface area contributed by atoms with Crippen molar-refractivity contribution in [2.45, 2.75) is 4.90 Å². The molecule has 0 unspecified atom stereocenters. The molecule has 0 aromatic heterocycles. The number of aliphatic hydroxyl groups is 1. The van der Waals surface area contributed by atoms with Crippen LogP contribution in [0.15, 0.2) is 41.8 Å². The second kappa shape index (κ2) is 5.81. The van der Waals surface area contributed by atoms with Crippen molar-refractivity contribution in [3.63, 3.8) is 0 Å². The number of sulfonamides is 1. The Morgan fingerprint density at radius 3 is 2.59 bits per heavy atom. The molecule has 1 aromatic rings. The second-order valence-electron chi connectivity index (χ2n) is 3.41. The fourth-order valence-corrected chi connectivity index (χ4v) is 2.94. The lowest BCUT2D eigenvalue weighted by Crippen LogP contribution is -2.34. The molecule has 17 heavy (non-hydrogen) atoms. The number of nitrogens with two attached hydrogens (primary N) is 1. The van der Waals surface area contributed by atoms with Gasteiger partial charge in [-0.1, -0.05) is 18.2 Å². The Labute approximate surface area is 101 Å². The minimum Gasteiger partial charge on any atom is -0.398 e. The molecule has 94 valence electrons. The summed E-state index contributed by atoms with van der Waals surface area (Å²) in [4.78, 5) is 0.0512. The van der Waals surface area contributed by atoms with Crippen LogP contribution in [0.4, 0.5) is 5.69 Å². The van der Waals surface area contributed by atoms with E-state index in [1.54, 1.807) is 12.1 Å². The summed E-state index contributed by atoms with van der Waals surface area (Å²) < 4.78 is 25.6. The van der Waals surface area contributed by atoms with Gasteiger partial charge in [-0.25, -0.2) is 8.42 Å². The Bertz CT molecular complexity index is 485. The van der Waals surface area contributed by atoms with Gasteiger partial charge in [0.25, 0.3) is 0 Å². The number of nitrogen functional groups attached to an aromatic ring is 1. The fourth-order valence-electron chi connectivity index (χ4n) is 1.42. The van der Waals surface area contributed by atoms with E-state index >= 15 is 0 Å². The van der Waals surface area contributed by atoms with Gasteiger partial charge in [-0.05, 0) is 12.1 Å². The molecular formula is C11H16N2O3S. The van der Waals surface area contributed by atoms with Crippen LogP contribution in [0.25, 0.3) is 0 Å². The van der Waals surface area contributed by atoms with Crippen molar-refractivity contribution in [3.05, 3.63) is 36.9 Å². The minimum atomic E-state index is -3.68. The summed E-state index contributed by atoms with van der Waals surface area (Å²) >= 11 is 0. The summed E-state index contributed by atoms with van der Waals surface area (Å²) in [5.41, 5.74) is 5.84. The van der Waals surface area contributed by atoms with Crippen LogP contribution in [0, 0.1) is 0 Å². The van der Waals surface area contributed by atoms with E-state index < -0.39 is 10.0 Å². The van der Waals surface area contributed by atoms with E-state index in [0.29, 0.717) is 0 Å². The van der Waals surface area contributed by atoms with Gasteiger partial charge in [-0.2, -0.15) is 4.31 Å². The van der Waals surface area contributed by atoms with E-state index in [-0.39, 0.29) is 30.3 Å². The first-order chi connectivity index (χ1) is 8.04. The molecule has 0 aliphatic rings. The maximum Gasteiger partial charge on any atom is 0.245 e. The SMILES string of the molecule is C=CCN(CCO)S(=O)(=O)c1ccccc1N. The molecule has 0 saturated heterocycles. The van der Waals surface area contributed by atoms with Crippen LogP contribution in [-0.4, -0.2) is 37.5 Å². The van der Waals surface area contributed by atoms with Gasteiger partial charge >= 0.3 is 0 Å². The standard InChI is InChI=1S/C11H16N2O3S/c1-2-7-13(8-9-14)17(15,16)11-6-4-3-5-10(11)12/h2-6,14H,1,7-9,12H2. The summed E-state index contributed by atoms with van der Waals surface area (Å²) in [5, 5.41) is 8.87. The summed E-state index contributed by atoms with van der Waals surface area (Å²) in [7, 11) is -3.68. The van der Waals surface area contributed by atoms with E-state index in [0.717, 1.165) is 4.31 Å². The number of rotatable bonds is 6. The molecule has 0 saturated carbocycles. The number of aliphatic hydroxyl groups excluding tert-OH is 1. The Balaban J connectivity index is 3.16. The van der Waals surface area contributed by atoms with Crippen LogP contribution in [0.2, 0.25) is 0 Å². The molecule has 0 bridgehead atoms. The van der Waals surface area contributed by atoms with Crippen molar-refractivity contribution < 1.29 is 13.5 Å². The van der Waals surface area contributed by atoms with Crippen molar-refractivity contribution in [2.75, 3.05) is 25.4 Å². The van der Waals surface area contributed by atoms with Crippen molar-refractivity contribution in [2.24, 2.45) is 0 Å². The third-order valence-electron chi connectivity index (χ3n) is 2.22. The first-order valence-corrected chi connectivity index (χ1v) is 6.54. The molecule has 0 fully saturated rings. The van der Waals surface area contributed by atoms with Gasteiger partial charge in [0.1, 0.15) is 4.90 Å². The maximum atomic E-state index is 12.2. The minimum absolute atomic E-state index is 0.0166. The summed E-state index contributed by atoms with van der Waals surface area (Å²) in [6, 6.07) is 6.24. The van der Waals surface area contributed by atoms with Crippen molar-refractivity contribution in [1.82, 2.24) is 4.31 Å². The third kappa shape index (κ3) is 3.06. The predicted octanol–water partition coefficient (Wildman–Crippen LogP) is 0.438. The van der Waals surface area contributed by atoms with Crippen LogP contribution in [0.1, 0.15) is 0 Å². The molecule has 1 aromatic carbocycles. The molecule has 0 aliphatic carbocycles. The highest BCUT2D eigenvalue weighted by Gasteiger charge is 2.24. The number of hydrogen-bond donors (Lipinski definition) is 2.